The van der Waals surface area contributed by atoms with Crippen LogP contribution in [0.15, 0.2) is 74.0 Å². The van der Waals surface area contributed by atoms with E-state index in [9.17, 15) is 19.7 Å². The molecule has 0 amide bonds. The monoisotopic (exact) mass is 609 g/mol. The van der Waals surface area contributed by atoms with Gasteiger partial charge in [-0.15, -0.1) is 0 Å². The van der Waals surface area contributed by atoms with Crippen LogP contribution in [0.1, 0.15) is 31.2 Å². The van der Waals surface area contributed by atoms with Crippen LogP contribution >= 0.6 is 22.9 Å². The molecule has 0 N–H and O–H groups in total. The lowest BCUT2D eigenvalue weighted by Crippen LogP contribution is -2.40. The molecule has 1 aliphatic rings. The Morgan fingerprint density at radius 3 is 2.67 bits per heavy atom. The molecule has 4 aromatic rings. The second-order valence-electron chi connectivity index (χ2n) is 9.03. The summed E-state index contributed by atoms with van der Waals surface area (Å²) in [5.74, 6) is 0.953. The zero-order valence-corrected chi connectivity index (χ0v) is 24.4. The van der Waals surface area contributed by atoms with E-state index in [1.807, 2.05) is 0 Å². The minimum atomic E-state index is -0.914. The molecule has 1 aliphatic heterocycles. The molecule has 1 atom stereocenters. The topological polar surface area (TPSA) is 135 Å². The summed E-state index contributed by atoms with van der Waals surface area (Å²) in [4.78, 5) is 42.8. The number of ether oxygens (including phenoxy) is 3. The minimum absolute atomic E-state index is 0.136. The molecule has 0 fully saturated rings. The number of aromatic nitrogens is 1. The van der Waals surface area contributed by atoms with Gasteiger partial charge in [-0.3, -0.25) is 19.5 Å². The number of hydrogen-bond acceptors (Lipinski definition) is 10. The fourth-order valence-corrected chi connectivity index (χ4v) is 5.90. The van der Waals surface area contributed by atoms with E-state index in [0.29, 0.717) is 44.6 Å². The van der Waals surface area contributed by atoms with Gasteiger partial charge in [-0.05, 0) is 50.2 Å². The summed E-state index contributed by atoms with van der Waals surface area (Å²) in [5, 5.41) is 11.5. The van der Waals surface area contributed by atoms with Gasteiger partial charge in [0.15, 0.2) is 4.80 Å². The van der Waals surface area contributed by atoms with Gasteiger partial charge in [0, 0.05) is 29.3 Å². The minimum Gasteiger partial charge on any atom is -0.497 e. The Morgan fingerprint density at radius 2 is 1.98 bits per heavy atom. The lowest BCUT2D eigenvalue weighted by atomic mass is 9.95. The average molecular weight is 610 g/mol. The number of halogens is 1. The fraction of sp³-hybridized carbons (Fsp3) is 0.207. The maximum Gasteiger partial charge on any atom is 0.338 e. The van der Waals surface area contributed by atoms with Crippen molar-refractivity contribution in [3.8, 4) is 22.8 Å². The molecule has 0 spiro atoms. The number of benzene rings is 2. The van der Waals surface area contributed by atoms with Gasteiger partial charge in [0.05, 0.1) is 46.6 Å². The number of fused-ring (bicyclic) bond motifs is 1. The third-order valence-corrected chi connectivity index (χ3v) is 7.89. The molecule has 5 rings (SSSR count). The van der Waals surface area contributed by atoms with Gasteiger partial charge < -0.3 is 18.6 Å². The standard InChI is InChI=1S/C29H24ClN3O8S/c1-5-40-28(35)25-15(2)31-29-32(26(25)20-13-17(38-3)7-10-22(20)39-4)27(34)24(42-29)14-18-8-11-23(41-18)19-12-16(33(36)37)6-9-21(19)30/h6-14,26H,5H2,1-4H3/b24-14+/t26-/m1/s1. The molecule has 2 aromatic heterocycles. The molecule has 0 saturated carbocycles. The van der Waals surface area contributed by atoms with Crippen molar-refractivity contribution < 1.29 is 28.3 Å². The van der Waals surface area contributed by atoms with E-state index in [1.165, 1.54) is 37.0 Å². The quantitative estimate of drug-likeness (QED) is 0.160. The van der Waals surface area contributed by atoms with E-state index < -0.39 is 22.5 Å². The molecule has 0 aliphatic carbocycles. The number of nitro groups is 1. The van der Waals surface area contributed by atoms with Gasteiger partial charge in [0.2, 0.25) is 0 Å². The summed E-state index contributed by atoms with van der Waals surface area (Å²) in [5.41, 5.74) is 0.893. The zero-order chi connectivity index (χ0) is 30.1. The summed E-state index contributed by atoms with van der Waals surface area (Å²) in [6, 6.07) is 11.5. The summed E-state index contributed by atoms with van der Waals surface area (Å²) >= 11 is 7.40. The first-order valence-corrected chi connectivity index (χ1v) is 13.8. The van der Waals surface area contributed by atoms with Gasteiger partial charge in [-0.1, -0.05) is 22.9 Å². The molecular formula is C29H24ClN3O8S. The summed E-state index contributed by atoms with van der Waals surface area (Å²) in [6.45, 7) is 3.52. The van der Waals surface area contributed by atoms with E-state index in [-0.39, 0.29) is 27.4 Å². The SMILES string of the molecule is CCOC(=O)C1=C(C)N=c2s/c(=C/c3ccc(-c4cc([N+](=O)[O-])ccc4Cl)o3)c(=O)n2[C@@H]1c1cc(OC)ccc1OC. The van der Waals surface area contributed by atoms with Gasteiger partial charge >= 0.3 is 5.97 Å². The first-order chi connectivity index (χ1) is 20.2. The lowest BCUT2D eigenvalue weighted by molar-refractivity contribution is -0.384. The molecule has 13 heteroatoms. The number of rotatable bonds is 8. The number of carbonyl (C=O) groups is 1. The van der Waals surface area contributed by atoms with Crippen molar-refractivity contribution >= 4 is 40.7 Å². The summed E-state index contributed by atoms with van der Waals surface area (Å²) < 4.78 is 24.0. The number of thiazole rings is 1. The molecule has 3 heterocycles. The number of carbonyl (C=O) groups excluding carboxylic acids is 1. The molecule has 0 saturated heterocycles. The van der Waals surface area contributed by atoms with Crippen molar-refractivity contribution in [2.45, 2.75) is 19.9 Å². The van der Waals surface area contributed by atoms with Crippen molar-refractivity contribution in [2.75, 3.05) is 20.8 Å². The third kappa shape index (κ3) is 5.21. The predicted molar refractivity (Wildman–Crippen MR) is 156 cm³/mol. The zero-order valence-electron chi connectivity index (χ0n) is 22.9. The van der Waals surface area contributed by atoms with Crippen LogP contribution in [0, 0.1) is 10.1 Å². The molecule has 0 radical (unpaired) electrons. The van der Waals surface area contributed by atoms with Gasteiger partial charge in [-0.25, -0.2) is 9.79 Å². The Balaban J connectivity index is 1.67. The number of allylic oxidation sites excluding steroid dienone is 1. The van der Waals surface area contributed by atoms with Crippen molar-refractivity contribution in [3.05, 3.63) is 106 Å². The highest BCUT2D eigenvalue weighted by Gasteiger charge is 2.35. The van der Waals surface area contributed by atoms with Crippen molar-refractivity contribution in [1.82, 2.24) is 4.57 Å². The van der Waals surface area contributed by atoms with Crippen LogP contribution in [0.5, 0.6) is 11.5 Å². The first kappa shape index (κ1) is 28.8. The number of esters is 1. The maximum atomic E-state index is 13.9. The molecule has 0 unspecified atom stereocenters. The van der Waals surface area contributed by atoms with E-state index in [2.05, 4.69) is 4.99 Å². The fourth-order valence-electron chi connectivity index (χ4n) is 4.66. The van der Waals surface area contributed by atoms with Crippen LogP contribution in [0.2, 0.25) is 5.02 Å². The molecule has 42 heavy (non-hydrogen) atoms. The maximum absolute atomic E-state index is 13.9. The van der Waals surface area contributed by atoms with Crippen LogP contribution in [-0.2, 0) is 9.53 Å². The van der Waals surface area contributed by atoms with E-state index in [4.69, 9.17) is 30.2 Å². The predicted octanol–water partition coefficient (Wildman–Crippen LogP) is 4.64. The van der Waals surface area contributed by atoms with E-state index >= 15 is 0 Å². The van der Waals surface area contributed by atoms with Crippen molar-refractivity contribution in [1.29, 1.82) is 0 Å². The molecule has 216 valence electrons. The van der Waals surface area contributed by atoms with Gasteiger partial charge in [0.1, 0.15) is 29.1 Å². The Hall–Kier alpha value is -4.68. The number of methoxy groups -OCH3 is 2. The van der Waals surface area contributed by atoms with Crippen molar-refractivity contribution in [2.24, 2.45) is 4.99 Å². The number of nitrogens with zero attached hydrogens (tertiary/aromatic N) is 3. The number of nitro benzene ring substituents is 1. The van der Waals surface area contributed by atoms with E-state index in [0.717, 1.165) is 11.3 Å². The second-order valence-corrected chi connectivity index (χ2v) is 10.4. The highest BCUT2D eigenvalue weighted by Crippen LogP contribution is 2.38. The number of hydrogen-bond donors (Lipinski definition) is 0. The Kier molecular flexibility index (Phi) is 8.01. The number of non-ortho nitro benzene ring substituents is 1. The van der Waals surface area contributed by atoms with Crippen LogP contribution < -0.4 is 24.4 Å². The highest BCUT2D eigenvalue weighted by atomic mass is 35.5. The average Bonchev–Trinajstić information content (AvgIpc) is 3.56. The highest BCUT2D eigenvalue weighted by molar-refractivity contribution is 7.07. The smallest absolute Gasteiger partial charge is 0.338 e. The summed E-state index contributed by atoms with van der Waals surface area (Å²) in [7, 11) is 3.01. The Labute approximate surface area is 247 Å². The lowest BCUT2D eigenvalue weighted by Gasteiger charge is -2.26. The first-order valence-electron chi connectivity index (χ1n) is 12.6. The third-order valence-electron chi connectivity index (χ3n) is 6.57. The second kappa shape index (κ2) is 11.7. The molecular weight excluding hydrogens is 586 g/mol. The van der Waals surface area contributed by atoms with Crippen LogP contribution in [0.25, 0.3) is 17.4 Å². The summed E-state index contributed by atoms with van der Waals surface area (Å²) in [6.07, 6.45) is 1.54. The van der Waals surface area contributed by atoms with Gasteiger partial charge in [-0.2, -0.15) is 0 Å². The normalized spacial score (nSPS) is 14.8. The Morgan fingerprint density at radius 1 is 1.19 bits per heavy atom. The van der Waals surface area contributed by atoms with Crippen LogP contribution in [0.3, 0.4) is 0 Å². The van der Waals surface area contributed by atoms with Crippen LogP contribution in [-0.4, -0.2) is 36.3 Å². The molecule has 11 nitrogen and oxygen atoms in total. The molecule has 2 aromatic carbocycles. The van der Waals surface area contributed by atoms with Crippen LogP contribution in [0.4, 0.5) is 5.69 Å². The van der Waals surface area contributed by atoms with Gasteiger partial charge in [0.25, 0.3) is 11.2 Å². The Bertz CT molecular complexity index is 1940. The van der Waals surface area contributed by atoms with Crippen molar-refractivity contribution in [3.63, 3.8) is 0 Å². The van der Waals surface area contributed by atoms with E-state index in [1.54, 1.807) is 50.3 Å². The number of furan rings is 1. The largest absolute Gasteiger partial charge is 0.497 e. The molecule has 0 bridgehead atoms.